The normalized spacial score (nSPS) is 14.0. The van der Waals surface area contributed by atoms with Gasteiger partial charge in [0.1, 0.15) is 6.04 Å². The van der Waals surface area contributed by atoms with E-state index in [1.54, 1.807) is 0 Å². The SMILES string of the molecule is C[C@@H](O)[C@H](NC(=O)[C@@H](N)CCC(N)=O)C(=O)Nc1ccc([N+](=O)[O-])cc1. The quantitative estimate of drug-likeness (QED) is 0.273. The summed E-state index contributed by atoms with van der Waals surface area (Å²) in [5, 5.41) is 25.1. The highest BCUT2D eigenvalue weighted by atomic mass is 16.6. The lowest BCUT2D eigenvalue weighted by atomic mass is 10.1. The number of aliphatic hydroxyl groups excluding tert-OH is 1. The minimum atomic E-state index is -1.31. The molecule has 0 aromatic heterocycles. The fourth-order valence-electron chi connectivity index (χ4n) is 1.98. The van der Waals surface area contributed by atoms with Gasteiger partial charge in [-0.15, -0.1) is 0 Å². The standard InChI is InChI=1S/C15H21N5O6/c1-8(21)13(19-14(23)11(16)6-7-12(17)22)15(24)18-9-2-4-10(5-3-9)20(25)26/h2-5,8,11,13,21H,6-7,16H2,1H3,(H2,17,22)(H,18,24)(H,19,23)/t8-,11+,13+/m1/s1. The van der Waals surface area contributed by atoms with Crippen LogP contribution in [0, 0.1) is 10.1 Å². The van der Waals surface area contributed by atoms with Crippen molar-refractivity contribution in [1.82, 2.24) is 5.32 Å². The summed E-state index contributed by atoms with van der Waals surface area (Å²) in [5.74, 6) is -2.07. The van der Waals surface area contributed by atoms with Gasteiger partial charge in [-0.05, 0) is 25.5 Å². The molecule has 3 atom stereocenters. The molecule has 0 unspecified atom stereocenters. The second-order valence-corrected chi connectivity index (χ2v) is 5.63. The Kier molecular flexibility index (Phi) is 7.62. The lowest BCUT2D eigenvalue weighted by Gasteiger charge is -2.22. The van der Waals surface area contributed by atoms with Crippen LogP contribution in [0.2, 0.25) is 0 Å². The first kappa shape index (κ1) is 21.0. The summed E-state index contributed by atoms with van der Waals surface area (Å²) in [7, 11) is 0. The smallest absolute Gasteiger partial charge is 0.269 e. The number of hydrogen-bond donors (Lipinski definition) is 5. The Hall–Kier alpha value is -3.05. The highest BCUT2D eigenvalue weighted by Gasteiger charge is 2.28. The maximum atomic E-state index is 12.3. The van der Waals surface area contributed by atoms with Gasteiger partial charge in [-0.25, -0.2) is 0 Å². The number of carbonyl (C=O) groups excluding carboxylic acids is 3. The molecule has 11 heteroatoms. The van der Waals surface area contributed by atoms with Gasteiger partial charge in [0.05, 0.1) is 17.1 Å². The molecule has 26 heavy (non-hydrogen) atoms. The van der Waals surface area contributed by atoms with Crippen LogP contribution in [0.3, 0.4) is 0 Å². The third-order valence-electron chi connectivity index (χ3n) is 3.45. The molecule has 0 aliphatic rings. The minimum Gasteiger partial charge on any atom is -0.391 e. The summed E-state index contributed by atoms with van der Waals surface area (Å²) in [4.78, 5) is 45.0. The number of aliphatic hydroxyl groups is 1. The zero-order chi connectivity index (χ0) is 19.9. The number of carbonyl (C=O) groups is 3. The molecule has 142 valence electrons. The van der Waals surface area contributed by atoms with E-state index in [0.29, 0.717) is 0 Å². The van der Waals surface area contributed by atoms with E-state index in [2.05, 4.69) is 10.6 Å². The number of primary amides is 1. The van der Waals surface area contributed by atoms with Crippen LogP contribution in [-0.4, -0.2) is 45.9 Å². The summed E-state index contributed by atoms with van der Waals surface area (Å²) in [6.45, 7) is 1.30. The van der Waals surface area contributed by atoms with Gasteiger partial charge < -0.3 is 27.2 Å². The summed E-state index contributed by atoms with van der Waals surface area (Å²) < 4.78 is 0. The van der Waals surface area contributed by atoms with Crippen molar-refractivity contribution in [3.05, 3.63) is 34.4 Å². The maximum Gasteiger partial charge on any atom is 0.269 e. The summed E-state index contributed by atoms with van der Waals surface area (Å²) in [6.07, 6.45) is -1.33. The van der Waals surface area contributed by atoms with Gasteiger partial charge in [0.15, 0.2) is 0 Å². The van der Waals surface area contributed by atoms with E-state index < -0.39 is 40.8 Å². The molecular formula is C15H21N5O6. The fraction of sp³-hybridized carbons (Fsp3) is 0.400. The predicted molar refractivity (Wildman–Crippen MR) is 91.7 cm³/mol. The topological polar surface area (TPSA) is 191 Å². The number of hydrogen-bond acceptors (Lipinski definition) is 7. The largest absolute Gasteiger partial charge is 0.391 e. The number of nitrogens with zero attached hydrogens (tertiary/aromatic N) is 1. The summed E-state index contributed by atoms with van der Waals surface area (Å²) in [6, 6.07) is 2.65. The highest BCUT2D eigenvalue weighted by molar-refractivity contribution is 5.98. The van der Waals surface area contributed by atoms with Crippen molar-refractivity contribution >= 4 is 29.1 Å². The van der Waals surface area contributed by atoms with Gasteiger partial charge in [0.2, 0.25) is 17.7 Å². The number of nitrogens with two attached hydrogens (primary N) is 2. The third-order valence-corrected chi connectivity index (χ3v) is 3.45. The van der Waals surface area contributed by atoms with E-state index in [0.717, 1.165) is 0 Å². The lowest BCUT2D eigenvalue weighted by Crippen LogP contribution is -2.54. The number of nitro groups is 1. The molecule has 3 amide bonds. The van der Waals surface area contributed by atoms with Crippen LogP contribution in [0.15, 0.2) is 24.3 Å². The van der Waals surface area contributed by atoms with Crippen LogP contribution in [0.1, 0.15) is 19.8 Å². The van der Waals surface area contributed by atoms with Crippen LogP contribution in [-0.2, 0) is 14.4 Å². The van der Waals surface area contributed by atoms with Gasteiger partial charge in [0.25, 0.3) is 5.69 Å². The molecule has 1 aromatic rings. The second-order valence-electron chi connectivity index (χ2n) is 5.63. The van der Waals surface area contributed by atoms with Crippen molar-refractivity contribution in [3.8, 4) is 0 Å². The van der Waals surface area contributed by atoms with E-state index in [9.17, 15) is 29.6 Å². The second kappa shape index (κ2) is 9.44. The zero-order valence-electron chi connectivity index (χ0n) is 14.0. The molecular weight excluding hydrogens is 346 g/mol. The van der Waals surface area contributed by atoms with Crippen LogP contribution < -0.4 is 22.1 Å². The monoisotopic (exact) mass is 367 g/mol. The van der Waals surface area contributed by atoms with Crippen molar-refractivity contribution in [2.75, 3.05) is 5.32 Å². The zero-order valence-corrected chi connectivity index (χ0v) is 14.0. The van der Waals surface area contributed by atoms with Crippen molar-refractivity contribution < 1.29 is 24.4 Å². The van der Waals surface area contributed by atoms with Gasteiger partial charge >= 0.3 is 0 Å². The molecule has 0 spiro atoms. The van der Waals surface area contributed by atoms with Gasteiger partial charge in [0, 0.05) is 24.2 Å². The molecule has 0 saturated heterocycles. The molecule has 0 saturated carbocycles. The molecule has 0 aliphatic heterocycles. The predicted octanol–water partition coefficient (Wildman–Crippen LogP) is -1.01. The Morgan fingerprint density at radius 3 is 2.27 bits per heavy atom. The van der Waals surface area contributed by atoms with Crippen molar-refractivity contribution in [2.24, 2.45) is 11.5 Å². The molecule has 0 heterocycles. The fourth-order valence-corrected chi connectivity index (χ4v) is 1.98. The van der Waals surface area contributed by atoms with Crippen LogP contribution in [0.5, 0.6) is 0 Å². The first-order chi connectivity index (χ1) is 12.1. The van der Waals surface area contributed by atoms with Crippen molar-refractivity contribution in [2.45, 2.75) is 38.0 Å². The number of amides is 3. The number of rotatable bonds is 9. The first-order valence-electron chi connectivity index (χ1n) is 7.69. The van der Waals surface area contributed by atoms with E-state index >= 15 is 0 Å². The molecule has 7 N–H and O–H groups in total. The van der Waals surface area contributed by atoms with Crippen molar-refractivity contribution in [3.63, 3.8) is 0 Å². The highest BCUT2D eigenvalue weighted by Crippen LogP contribution is 2.15. The van der Waals surface area contributed by atoms with Crippen LogP contribution in [0.4, 0.5) is 11.4 Å². The third kappa shape index (κ3) is 6.45. The molecule has 1 aromatic carbocycles. The first-order valence-corrected chi connectivity index (χ1v) is 7.69. The van der Waals surface area contributed by atoms with E-state index in [1.165, 1.54) is 31.2 Å². The Morgan fingerprint density at radius 1 is 1.23 bits per heavy atom. The van der Waals surface area contributed by atoms with Crippen LogP contribution >= 0.6 is 0 Å². The Labute approximate surface area is 148 Å². The van der Waals surface area contributed by atoms with Gasteiger partial charge in [-0.3, -0.25) is 24.5 Å². The summed E-state index contributed by atoms with van der Waals surface area (Å²) in [5.41, 5.74) is 10.7. The Morgan fingerprint density at radius 2 is 1.81 bits per heavy atom. The maximum absolute atomic E-state index is 12.3. The lowest BCUT2D eigenvalue weighted by molar-refractivity contribution is -0.384. The summed E-state index contributed by atoms with van der Waals surface area (Å²) >= 11 is 0. The molecule has 0 fully saturated rings. The molecule has 0 bridgehead atoms. The van der Waals surface area contributed by atoms with E-state index in [4.69, 9.17) is 11.5 Å². The average molecular weight is 367 g/mol. The van der Waals surface area contributed by atoms with Gasteiger partial charge in [-0.2, -0.15) is 0 Å². The molecule has 0 aliphatic carbocycles. The van der Waals surface area contributed by atoms with E-state index in [-0.39, 0.29) is 24.2 Å². The van der Waals surface area contributed by atoms with Gasteiger partial charge in [-0.1, -0.05) is 0 Å². The Bertz CT molecular complexity index is 676. The average Bonchev–Trinajstić information content (AvgIpc) is 2.57. The minimum absolute atomic E-state index is 0.00231. The number of nitro benzene ring substituents is 1. The number of anilines is 1. The van der Waals surface area contributed by atoms with E-state index in [1.807, 2.05) is 0 Å². The number of nitrogens with one attached hydrogen (secondary N) is 2. The number of non-ortho nitro benzene ring substituents is 1. The molecule has 1 rings (SSSR count). The van der Waals surface area contributed by atoms with Crippen molar-refractivity contribution in [1.29, 1.82) is 0 Å². The van der Waals surface area contributed by atoms with Crippen LogP contribution in [0.25, 0.3) is 0 Å². The molecule has 0 radical (unpaired) electrons. The molecule has 11 nitrogen and oxygen atoms in total. The Balaban J connectivity index is 2.73. The number of benzene rings is 1.